The van der Waals surface area contributed by atoms with Crippen molar-refractivity contribution in [3.8, 4) is 0 Å². The van der Waals surface area contributed by atoms with Crippen LogP contribution in [0.2, 0.25) is 5.02 Å². The molecule has 0 aromatic heterocycles. The van der Waals surface area contributed by atoms with Crippen molar-refractivity contribution in [2.75, 3.05) is 12.3 Å². The number of nitrogens with zero attached hydrogens (tertiary/aromatic N) is 1. The summed E-state index contributed by atoms with van der Waals surface area (Å²) in [6.07, 6.45) is 0. The monoisotopic (exact) mass is 328 g/mol. The van der Waals surface area contributed by atoms with Crippen LogP contribution < -0.4 is 5.32 Å². The number of hydrogen-bond donors (Lipinski definition) is 1. The van der Waals surface area contributed by atoms with E-state index in [2.05, 4.69) is 5.32 Å². The molecule has 5 nitrogen and oxygen atoms in total. The first-order valence-electron chi connectivity index (χ1n) is 5.14. The quantitative estimate of drug-likeness (QED) is 0.511. The molecule has 0 saturated heterocycles. The summed E-state index contributed by atoms with van der Waals surface area (Å²) in [7, 11) is 0. The topological polar surface area (TPSA) is 72.2 Å². The van der Waals surface area contributed by atoms with E-state index in [1.165, 1.54) is 18.2 Å². The van der Waals surface area contributed by atoms with Gasteiger partial charge in [-0.25, -0.2) is 0 Å². The van der Waals surface area contributed by atoms with Crippen LogP contribution in [0.5, 0.6) is 0 Å². The number of para-hydroxylation sites is 1. The third-order valence-corrected chi connectivity index (χ3v) is 3.11. The Bertz CT molecular complexity index is 525. The van der Waals surface area contributed by atoms with E-state index in [9.17, 15) is 28.1 Å². The third kappa shape index (κ3) is 4.89. The van der Waals surface area contributed by atoms with Crippen molar-refractivity contribution in [1.29, 1.82) is 0 Å². The number of hydrogen-bond acceptors (Lipinski definition) is 4. The van der Waals surface area contributed by atoms with Crippen LogP contribution in [0.1, 0.15) is 10.4 Å². The van der Waals surface area contributed by atoms with Crippen LogP contribution in [0.3, 0.4) is 0 Å². The van der Waals surface area contributed by atoms with E-state index in [0.29, 0.717) is 0 Å². The van der Waals surface area contributed by atoms with Gasteiger partial charge in [0.25, 0.3) is 5.91 Å². The number of nitro benzene ring substituents is 1. The molecule has 0 aliphatic carbocycles. The van der Waals surface area contributed by atoms with Crippen molar-refractivity contribution in [3.63, 3.8) is 0 Å². The maximum absolute atomic E-state index is 11.9. The highest BCUT2D eigenvalue weighted by atomic mass is 35.5. The molecule has 1 amide bonds. The average Bonchev–Trinajstić information content (AvgIpc) is 2.32. The molecule has 20 heavy (non-hydrogen) atoms. The Morgan fingerprint density at radius 1 is 1.45 bits per heavy atom. The lowest BCUT2D eigenvalue weighted by molar-refractivity contribution is -0.385. The van der Waals surface area contributed by atoms with Gasteiger partial charge in [0.05, 0.1) is 4.92 Å². The third-order valence-electron chi connectivity index (χ3n) is 2.07. The molecule has 1 rings (SSSR count). The molecule has 0 unspecified atom stereocenters. The minimum absolute atomic E-state index is 0.215. The van der Waals surface area contributed by atoms with Gasteiger partial charge in [0, 0.05) is 12.3 Å². The van der Waals surface area contributed by atoms with E-state index in [4.69, 9.17) is 11.6 Å². The lowest BCUT2D eigenvalue weighted by Gasteiger charge is -2.07. The fourth-order valence-corrected chi connectivity index (χ4v) is 1.99. The van der Waals surface area contributed by atoms with Gasteiger partial charge in [0.15, 0.2) is 0 Å². The first kappa shape index (κ1) is 16.6. The summed E-state index contributed by atoms with van der Waals surface area (Å²) in [5.74, 6) is -1.23. The number of amides is 1. The highest BCUT2D eigenvalue weighted by Gasteiger charge is 2.28. The second-order valence-electron chi connectivity index (χ2n) is 3.44. The number of halogens is 4. The summed E-state index contributed by atoms with van der Waals surface area (Å²) in [6.45, 7) is -0.271. The van der Waals surface area contributed by atoms with Crippen molar-refractivity contribution in [1.82, 2.24) is 5.32 Å². The van der Waals surface area contributed by atoms with Gasteiger partial charge in [-0.2, -0.15) is 13.2 Å². The molecule has 0 aliphatic heterocycles. The maximum Gasteiger partial charge on any atom is 0.441 e. The Kier molecular flexibility index (Phi) is 5.63. The van der Waals surface area contributed by atoms with Gasteiger partial charge in [-0.1, -0.05) is 17.7 Å². The highest BCUT2D eigenvalue weighted by Crippen LogP contribution is 2.30. The van der Waals surface area contributed by atoms with Gasteiger partial charge in [-0.3, -0.25) is 14.9 Å². The fraction of sp³-hybridized carbons (Fsp3) is 0.300. The molecule has 110 valence electrons. The number of carbonyl (C=O) groups is 1. The molecule has 1 aromatic carbocycles. The standard InChI is InChI=1S/C10H8ClF3N2O3S/c11-7-3-1-2-6(8(7)16(18)19)9(17)15-4-5-20-10(12,13)14/h1-3H,4-5H2,(H,15,17). The Hall–Kier alpha value is -1.48. The van der Waals surface area contributed by atoms with Crippen LogP contribution >= 0.6 is 23.4 Å². The second kappa shape index (κ2) is 6.80. The zero-order chi connectivity index (χ0) is 15.3. The first-order valence-corrected chi connectivity index (χ1v) is 6.50. The van der Waals surface area contributed by atoms with Crippen molar-refractivity contribution < 1.29 is 22.9 Å². The van der Waals surface area contributed by atoms with Crippen molar-refractivity contribution in [2.45, 2.75) is 5.51 Å². The van der Waals surface area contributed by atoms with Crippen LogP contribution in [0.4, 0.5) is 18.9 Å². The molecule has 0 spiro atoms. The number of rotatable bonds is 5. The number of benzene rings is 1. The predicted octanol–water partition coefficient (Wildman–Crippen LogP) is 3.23. The van der Waals surface area contributed by atoms with Gasteiger partial charge >= 0.3 is 11.2 Å². The summed E-state index contributed by atoms with van der Waals surface area (Å²) < 4.78 is 35.6. The minimum atomic E-state index is -4.38. The van der Waals surface area contributed by atoms with E-state index < -0.39 is 22.0 Å². The molecule has 0 aliphatic rings. The van der Waals surface area contributed by atoms with Crippen molar-refractivity contribution in [3.05, 3.63) is 38.9 Å². The van der Waals surface area contributed by atoms with E-state index >= 15 is 0 Å². The number of carbonyl (C=O) groups excluding carboxylic acids is 1. The lowest BCUT2D eigenvalue weighted by Crippen LogP contribution is -2.27. The zero-order valence-electron chi connectivity index (χ0n) is 9.74. The van der Waals surface area contributed by atoms with Crippen LogP contribution in [-0.2, 0) is 0 Å². The van der Waals surface area contributed by atoms with E-state index in [1.807, 2.05) is 0 Å². The molecule has 0 saturated carbocycles. The second-order valence-corrected chi connectivity index (χ2v) is 5.01. The van der Waals surface area contributed by atoms with Crippen LogP contribution in [0, 0.1) is 10.1 Å². The number of alkyl halides is 3. The maximum atomic E-state index is 11.9. The molecule has 10 heteroatoms. The van der Waals surface area contributed by atoms with Crippen LogP contribution in [-0.4, -0.2) is 28.6 Å². The molecule has 0 bridgehead atoms. The van der Waals surface area contributed by atoms with Gasteiger partial charge in [0.1, 0.15) is 10.6 Å². The molecule has 1 N–H and O–H groups in total. The Morgan fingerprint density at radius 3 is 2.65 bits per heavy atom. The summed E-state index contributed by atoms with van der Waals surface area (Å²) in [6, 6.07) is 3.76. The first-order chi connectivity index (χ1) is 9.22. The SMILES string of the molecule is O=C(NCCSC(F)(F)F)c1cccc(Cl)c1[N+](=O)[O-]. The van der Waals surface area contributed by atoms with Crippen LogP contribution in [0.15, 0.2) is 18.2 Å². The predicted molar refractivity (Wildman–Crippen MR) is 69.0 cm³/mol. The summed E-state index contributed by atoms with van der Waals surface area (Å²) in [5, 5.41) is 12.8. The average molecular weight is 329 g/mol. The Morgan fingerprint density at radius 2 is 2.10 bits per heavy atom. The van der Waals surface area contributed by atoms with Gasteiger partial charge in [-0.15, -0.1) is 0 Å². The number of thioether (sulfide) groups is 1. The van der Waals surface area contributed by atoms with Crippen molar-refractivity contribution >= 4 is 35.0 Å². The van der Waals surface area contributed by atoms with Crippen LogP contribution in [0.25, 0.3) is 0 Å². The molecular weight excluding hydrogens is 321 g/mol. The lowest BCUT2D eigenvalue weighted by atomic mass is 10.1. The summed E-state index contributed by atoms with van der Waals surface area (Å²) in [5.41, 5.74) is -5.25. The van der Waals surface area contributed by atoms with E-state index in [1.54, 1.807) is 0 Å². The fourth-order valence-electron chi connectivity index (χ4n) is 1.31. The molecule has 0 heterocycles. The normalized spacial score (nSPS) is 11.2. The number of nitro groups is 1. The van der Waals surface area contributed by atoms with E-state index in [0.717, 1.165) is 0 Å². The highest BCUT2D eigenvalue weighted by molar-refractivity contribution is 8.00. The molecule has 0 fully saturated rings. The van der Waals surface area contributed by atoms with Gasteiger partial charge < -0.3 is 5.32 Å². The Balaban J connectivity index is 2.69. The minimum Gasteiger partial charge on any atom is -0.351 e. The van der Waals surface area contributed by atoms with Gasteiger partial charge in [-0.05, 0) is 23.9 Å². The van der Waals surface area contributed by atoms with Crippen molar-refractivity contribution in [2.24, 2.45) is 0 Å². The number of nitrogens with one attached hydrogen (secondary N) is 1. The van der Waals surface area contributed by atoms with E-state index in [-0.39, 0.29) is 34.6 Å². The molecule has 0 radical (unpaired) electrons. The summed E-state index contributed by atoms with van der Waals surface area (Å²) in [4.78, 5) is 21.7. The molecule has 1 aromatic rings. The molecular formula is C10H8ClF3N2O3S. The largest absolute Gasteiger partial charge is 0.441 e. The smallest absolute Gasteiger partial charge is 0.351 e. The van der Waals surface area contributed by atoms with Gasteiger partial charge in [0.2, 0.25) is 0 Å². The molecule has 0 atom stereocenters. The summed E-state index contributed by atoms with van der Waals surface area (Å²) >= 11 is 5.32. The zero-order valence-corrected chi connectivity index (χ0v) is 11.3. The Labute approximate surface area is 120 Å².